The van der Waals surface area contributed by atoms with Gasteiger partial charge in [-0.25, -0.2) is 14.6 Å². The summed E-state index contributed by atoms with van der Waals surface area (Å²) < 4.78 is 16.0. The van der Waals surface area contributed by atoms with Gasteiger partial charge in [-0.1, -0.05) is 0 Å². The number of ether oxygens (including phenoxy) is 3. The Morgan fingerprint density at radius 1 is 1.12 bits per heavy atom. The molecule has 2 aromatic heterocycles. The van der Waals surface area contributed by atoms with Crippen molar-refractivity contribution in [1.29, 1.82) is 0 Å². The predicted octanol–water partition coefficient (Wildman–Crippen LogP) is 6.06. The maximum atomic E-state index is 12.5. The fourth-order valence-electron chi connectivity index (χ4n) is 3.20. The van der Waals surface area contributed by atoms with E-state index in [4.69, 9.17) is 14.2 Å². The van der Waals surface area contributed by atoms with Crippen LogP contribution in [0.15, 0.2) is 29.8 Å². The minimum absolute atomic E-state index is 0.374. The van der Waals surface area contributed by atoms with Crippen LogP contribution in [0.2, 0.25) is 0 Å². The summed E-state index contributed by atoms with van der Waals surface area (Å²) in [7, 11) is 0. The zero-order chi connectivity index (χ0) is 24.4. The zero-order valence-corrected chi connectivity index (χ0v) is 20.9. The van der Waals surface area contributed by atoms with Crippen molar-refractivity contribution in [3.8, 4) is 5.75 Å². The van der Waals surface area contributed by atoms with Crippen molar-refractivity contribution in [1.82, 2.24) is 15.3 Å². The number of alkyl carbamates (subject to hydrolysis) is 1. The standard InChI is InChI=1S/C24H31N3O5S/c1-14-26-20(13-33-14)19(27-21(28)31-23(2,3)4)10-15-12-25-18-9-8-16(11-17(15)18)30-22(29)32-24(5,6)7/h8-9,11-13,19,25H,10H2,1-7H3,(H,27,28). The van der Waals surface area contributed by atoms with Crippen LogP contribution >= 0.6 is 11.3 Å². The Hall–Kier alpha value is -3.07. The monoisotopic (exact) mass is 473 g/mol. The SMILES string of the molecule is Cc1nc(C(Cc2c[nH]c3ccc(OC(=O)OC(C)(C)C)cc23)NC(=O)OC(C)(C)C)cs1. The molecule has 0 fully saturated rings. The van der Waals surface area contributed by atoms with Crippen LogP contribution in [-0.4, -0.2) is 33.4 Å². The van der Waals surface area contributed by atoms with Crippen LogP contribution in [0.3, 0.4) is 0 Å². The molecule has 0 aliphatic heterocycles. The minimum Gasteiger partial charge on any atom is -0.444 e. The molecule has 0 aliphatic rings. The Labute approximate surface area is 197 Å². The molecule has 3 rings (SSSR count). The van der Waals surface area contributed by atoms with Gasteiger partial charge in [0.1, 0.15) is 17.0 Å². The Morgan fingerprint density at radius 2 is 1.82 bits per heavy atom. The van der Waals surface area contributed by atoms with E-state index in [1.165, 1.54) is 11.3 Å². The average Bonchev–Trinajstić information content (AvgIpc) is 3.24. The van der Waals surface area contributed by atoms with Crippen molar-refractivity contribution < 1.29 is 23.8 Å². The van der Waals surface area contributed by atoms with Crippen molar-refractivity contribution in [3.63, 3.8) is 0 Å². The summed E-state index contributed by atoms with van der Waals surface area (Å²) in [6.45, 7) is 12.7. The number of rotatable bonds is 5. The van der Waals surface area contributed by atoms with Gasteiger partial charge < -0.3 is 24.5 Å². The number of amides is 1. The lowest BCUT2D eigenvalue weighted by atomic mass is 10.0. The molecule has 2 heterocycles. The fraction of sp³-hybridized carbons (Fsp3) is 0.458. The van der Waals surface area contributed by atoms with Crippen molar-refractivity contribution in [3.05, 3.63) is 46.0 Å². The quantitative estimate of drug-likeness (QED) is 0.345. The number of aromatic amines is 1. The van der Waals surface area contributed by atoms with Crippen molar-refractivity contribution in [2.45, 2.75) is 72.1 Å². The van der Waals surface area contributed by atoms with E-state index in [-0.39, 0.29) is 6.04 Å². The molecule has 2 N–H and O–H groups in total. The van der Waals surface area contributed by atoms with Gasteiger partial charge in [0.05, 0.1) is 16.7 Å². The van der Waals surface area contributed by atoms with Gasteiger partial charge in [0.25, 0.3) is 0 Å². The van der Waals surface area contributed by atoms with Crippen LogP contribution < -0.4 is 10.1 Å². The molecule has 0 saturated carbocycles. The highest BCUT2D eigenvalue weighted by atomic mass is 32.1. The number of hydrogen-bond acceptors (Lipinski definition) is 7. The number of thiazole rings is 1. The molecule has 1 atom stereocenters. The second kappa shape index (κ2) is 9.43. The molecule has 0 radical (unpaired) electrons. The highest BCUT2D eigenvalue weighted by Gasteiger charge is 2.24. The first kappa shape index (κ1) is 24.6. The van der Waals surface area contributed by atoms with E-state index < -0.39 is 23.5 Å². The first-order valence-corrected chi connectivity index (χ1v) is 11.6. The first-order chi connectivity index (χ1) is 15.3. The van der Waals surface area contributed by atoms with Gasteiger partial charge in [-0.15, -0.1) is 11.3 Å². The number of aryl methyl sites for hydroxylation is 1. The largest absolute Gasteiger partial charge is 0.514 e. The summed E-state index contributed by atoms with van der Waals surface area (Å²) in [6.07, 6.45) is 1.08. The number of benzene rings is 1. The van der Waals surface area contributed by atoms with Gasteiger partial charge in [-0.2, -0.15) is 0 Å². The summed E-state index contributed by atoms with van der Waals surface area (Å²) in [5.74, 6) is 0.374. The van der Waals surface area contributed by atoms with E-state index in [1.807, 2.05) is 45.3 Å². The Balaban J connectivity index is 1.84. The lowest BCUT2D eigenvalue weighted by Crippen LogP contribution is -2.35. The minimum atomic E-state index is -0.763. The van der Waals surface area contributed by atoms with Crippen molar-refractivity contribution in [2.24, 2.45) is 0 Å². The summed E-state index contributed by atoms with van der Waals surface area (Å²) >= 11 is 1.52. The van der Waals surface area contributed by atoms with Gasteiger partial charge >= 0.3 is 12.2 Å². The van der Waals surface area contributed by atoms with E-state index in [0.29, 0.717) is 12.2 Å². The number of nitrogens with one attached hydrogen (secondary N) is 2. The number of nitrogens with zero attached hydrogens (tertiary/aromatic N) is 1. The third-order valence-electron chi connectivity index (χ3n) is 4.44. The molecule has 0 saturated heterocycles. The molecular formula is C24H31N3O5S. The molecule has 1 unspecified atom stereocenters. The predicted molar refractivity (Wildman–Crippen MR) is 128 cm³/mol. The Kier molecular flexibility index (Phi) is 7.02. The smallest absolute Gasteiger partial charge is 0.444 e. The topological polar surface area (TPSA) is 103 Å². The molecular weight excluding hydrogens is 442 g/mol. The maximum Gasteiger partial charge on any atom is 0.514 e. The molecule has 3 aromatic rings. The number of carbonyl (C=O) groups excluding carboxylic acids is 2. The summed E-state index contributed by atoms with van der Waals surface area (Å²) in [4.78, 5) is 32.4. The second-order valence-corrected chi connectivity index (χ2v) is 10.8. The number of hydrogen-bond donors (Lipinski definition) is 2. The molecule has 178 valence electrons. The van der Waals surface area contributed by atoms with Crippen molar-refractivity contribution in [2.75, 3.05) is 0 Å². The van der Waals surface area contributed by atoms with Gasteiger partial charge in [0.15, 0.2) is 0 Å². The number of carbonyl (C=O) groups is 2. The highest BCUT2D eigenvalue weighted by molar-refractivity contribution is 7.09. The highest BCUT2D eigenvalue weighted by Crippen LogP contribution is 2.29. The molecule has 33 heavy (non-hydrogen) atoms. The molecule has 0 spiro atoms. The molecule has 1 aromatic carbocycles. The number of fused-ring (bicyclic) bond motifs is 1. The lowest BCUT2D eigenvalue weighted by Gasteiger charge is -2.23. The van der Waals surface area contributed by atoms with Crippen LogP contribution in [0, 0.1) is 6.92 Å². The maximum absolute atomic E-state index is 12.5. The van der Waals surface area contributed by atoms with Crippen LogP contribution in [0.5, 0.6) is 5.75 Å². The van der Waals surface area contributed by atoms with E-state index in [0.717, 1.165) is 27.2 Å². The van der Waals surface area contributed by atoms with E-state index in [9.17, 15) is 9.59 Å². The van der Waals surface area contributed by atoms with E-state index in [1.54, 1.807) is 32.9 Å². The number of H-pyrrole nitrogens is 1. The fourth-order valence-corrected chi connectivity index (χ4v) is 3.86. The molecule has 8 nitrogen and oxygen atoms in total. The van der Waals surface area contributed by atoms with Gasteiger partial charge in [0, 0.05) is 28.9 Å². The summed E-state index contributed by atoms with van der Waals surface area (Å²) in [6, 6.07) is 4.93. The molecule has 9 heteroatoms. The van der Waals surface area contributed by atoms with Crippen LogP contribution in [0.1, 0.15) is 63.8 Å². The first-order valence-electron chi connectivity index (χ1n) is 10.7. The van der Waals surface area contributed by atoms with Crippen molar-refractivity contribution >= 4 is 34.5 Å². The lowest BCUT2D eigenvalue weighted by molar-refractivity contribution is 0.0206. The summed E-state index contributed by atoms with van der Waals surface area (Å²) in [5, 5.41) is 6.66. The van der Waals surface area contributed by atoms with E-state index >= 15 is 0 Å². The molecule has 0 aliphatic carbocycles. The zero-order valence-electron chi connectivity index (χ0n) is 20.1. The van der Waals surface area contributed by atoms with Gasteiger partial charge in [-0.3, -0.25) is 0 Å². The molecule has 1 amide bonds. The normalized spacial score (nSPS) is 12.9. The van der Waals surface area contributed by atoms with Gasteiger partial charge in [0.2, 0.25) is 0 Å². The second-order valence-electron chi connectivity index (χ2n) is 9.78. The van der Waals surface area contributed by atoms with Crippen LogP contribution in [0.25, 0.3) is 10.9 Å². The Bertz CT molecular complexity index is 1140. The summed E-state index contributed by atoms with van der Waals surface area (Å²) in [5.41, 5.74) is 1.32. The third-order valence-corrected chi connectivity index (χ3v) is 5.23. The molecule has 0 bridgehead atoms. The van der Waals surface area contributed by atoms with Gasteiger partial charge in [-0.05, 0) is 72.2 Å². The van der Waals surface area contributed by atoms with Crippen LogP contribution in [-0.2, 0) is 15.9 Å². The van der Waals surface area contributed by atoms with E-state index in [2.05, 4.69) is 15.3 Å². The van der Waals surface area contributed by atoms with Crippen LogP contribution in [0.4, 0.5) is 9.59 Å². The number of aromatic nitrogens is 2. The Morgan fingerprint density at radius 3 is 2.42 bits per heavy atom. The average molecular weight is 474 g/mol. The third kappa shape index (κ3) is 7.21.